The molecule has 1 unspecified atom stereocenters. The molecule has 0 saturated carbocycles. The molecule has 3 rings (SSSR count). The summed E-state index contributed by atoms with van der Waals surface area (Å²) in [6.07, 6.45) is 2.95. The van der Waals surface area contributed by atoms with Gasteiger partial charge in [-0.25, -0.2) is 9.97 Å². The van der Waals surface area contributed by atoms with Crippen molar-refractivity contribution in [2.75, 3.05) is 5.32 Å². The van der Waals surface area contributed by atoms with E-state index in [9.17, 15) is 9.59 Å². The number of nitrogens with two attached hydrogens (primary N) is 1. The van der Waals surface area contributed by atoms with E-state index in [1.807, 2.05) is 6.92 Å². The fourth-order valence-corrected chi connectivity index (χ4v) is 2.53. The summed E-state index contributed by atoms with van der Waals surface area (Å²) in [7, 11) is 0. The number of carbonyl (C=O) groups is 1. The Kier molecular flexibility index (Phi) is 4.18. The van der Waals surface area contributed by atoms with Crippen molar-refractivity contribution in [2.24, 2.45) is 5.73 Å². The van der Waals surface area contributed by atoms with Crippen LogP contribution < -0.4 is 16.6 Å². The molecule has 3 heterocycles. The van der Waals surface area contributed by atoms with Gasteiger partial charge in [-0.1, -0.05) is 11.6 Å². The maximum absolute atomic E-state index is 12.3. The van der Waals surface area contributed by atoms with Crippen molar-refractivity contribution in [3.8, 4) is 0 Å². The van der Waals surface area contributed by atoms with Gasteiger partial charge < -0.3 is 16.0 Å². The van der Waals surface area contributed by atoms with Crippen LogP contribution in [0, 0.1) is 0 Å². The number of carbonyl (C=O) groups excluding carboxylic acids is 1. The molecule has 0 fully saturated rings. The smallest absolute Gasteiger partial charge is 0.254 e. The number of halogens is 1. The quantitative estimate of drug-likeness (QED) is 0.672. The van der Waals surface area contributed by atoms with Crippen LogP contribution in [-0.4, -0.2) is 20.9 Å². The summed E-state index contributed by atoms with van der Waals surface area (Å²) in [6.45, 7) is 1.81. The molecule has 0 saturated heterocycles. The van der Waals surface area contributed by atoms with Crippen LogP contribution in [0.1, 0.15) is 28.9 Å². The number of hydrogen-bond donors (Lipinski definition) is 3. The van der Waals surface area contributed by atoms with Gasteiger partial charge in [0.25, 0.3) is 5.56 Å². The number of aromatic nitrogens is 3. The van der Waals surface area contributed by atoms with Crippen molar-refractivity contribution >= 4 is 34.4 Å². The molecule has 0 bridgehead atoms. The summed E-state index contributed by atoms with van der Waals surface area (Å²) >= 11 is 5.94. The van der Waals surface area contributed by atoms with E-state index in [0.717, 1.165) is 5.39 Å². The third-order valence-electron chi connectivity index (χ3n) is 3.56. The van der Waals surface area contributed by atoms with E-state index in [2.05, 4.69) is 20.3 Å². The molecule has 0 aliphatic carbocycles. The highest BCUT2D eigenvalue weighted by molar-refractivity contribution is 6.31. The molecule has 7 nitrogen and oxygen atoms in total. The first-order chi connectivity index (χ1) is 11.4. The molecule has 0 aromatic carbocycles. The van der Waals surface area contributed by atoms with Crippen molar-refractivity contribution < 1.29 is 4.79 Å². The van der Waals surface area contributed by atoms with Gasteiger partial charge in [0.15, 0.2) is 0 Å². The first kappa shape index (κ1) is 15.9. The van der Waals surface area contributed by atoms with Gasteiger partial charge in [-0.15, -0.1) is 0 Å². The standard InChI is InChI=1S/C16H14ClN5O2/c1-8(21-13-6-9(14(18)23)2-3-19-13)12-5-10-4-11(17)7-20-15(10)22-16(12)24/h2-8H,1H3,(H2,18,23)(H,19,21)(H,20,22,24). The van der Waals surface area contributed by atoms with Crippen molar-refractivity contribution in [2.45, 2.75) is 13.0 Å². The van der Waals surface area contributed by atoms with Gasteiger partial charge in [0.05, 0.1) is 11.1 Å². The summed E-state index contributed by atoms with van der Waals surface area (Å²) in [5, 5.41) is 4.29. The number of H-pyrrole nitrogens is 1. The molecule has 0 spiro atoms. The van der Waals surface area contributed by atoms with Gasteiger partial charge >= 0.3 is 0 Å². The van der Waals surface area contributed by atoms with E-state index in [1.165, 1.54) is 24.5 Å². The Hall–Kier alpha value is -2.93. The Morgan fingerprint density at radius 1 is 1.33 bits per heavy atom. The number of hydrogen-bond acceptors (Lipinski definition) is 5. The molecule has 3 aromatic heterocycles. The largest absolute Gasteiger partial charge is 0.366 e. The van der Waals surface area contributed by atoms with Crippen LogP contribution in [0.3, 0.4) is 0 Å². The minimum atomic E-state index is -0.544. The Labute approximate surface area is 141 Å². The molecule has 0 aliphatic heterocycles. The second-order valence-corrected chi connectivity index (χ2v) is 5.74. The second kappa shape index (κ2) is 6.29. The molecule has 0 aliphatic rings. The van der Waals surface area contributed by atoms with Crippen molar-refractivity contribution in [3.05, 3.63) is 63.2 Å². The van der Waals surface area contributed by atoms with Crippen molar-refractivity contribution in [1.29, 1.82) is 0 Å². The maximum atomic E-state index is 12.3. The SMILES string of the molecule is CC(Nc1cc(C(N)=O)ccn1)c1cc2cc(Cl)cnc2[nH]c1=O. The predicted octanol–water partition coefficient (Wildman–Crippen LogP) is 2.24. The molecule has 4 N–H and O–H groups in total. The number of fused-ring (bicyclic) bond motifs is 1. The first-order valence-corrected chi connectivity index (χ1v) is 7.52. The minimum absolute atomic E-state index is 0.261. The number of nitrogens with zero attached hydrogens (tertiary/aromatic N) is 2. The molecule has 1 amide bonds. The lowest BCUT2D eigenvalue weighted by molar-refractivity contribution is 0.1000. The highest BCUT2D eigenvalue weighted by Gasteiger charge is 2.13. The zero-order chi connectivity index (χ0) is 17.3. The van der Waals surface area contributed by atoms with Crippen LogP contribution in [0.5, 0.6) is 0 Å². The van der Waals surface area contributed by atoms with Gasteiger partial charge in [-0.2, -0.15) is 0 Å². The van der Waals surface area contributed by atoms with E-state index in [1.54, 1.807) is 12.1 Å². The summed E-state index contributed by atoms with van der Waals surface area (Å²) in [4.78, 5) is 34.4. The average Bonchev–Trinajstić information content (AvgIpc) is 2.54. The van der Waals surface area contributed by atoms with Crippen LogP contribution in [0.15, 0.2) is 41.5 Å². The van der Waals surface area contributed by atoms with E-state index >= 15 is 0 Å². The van der Waals surface area contributed by atoms with Gasteiger partial charge in [0, 0.05) is 28.9 Å². The third kappa shape index (κ3) is 3.21. The van der Waals surface area contributed by atoms with Crippen LogP contribution >= 0.6 is 11.6 Å². The number of rotatable bonds is 4. The predicted molar refractivity (Wildman–Crippen MR) is 92.2 cm³/mol. The monoisotopic (exact) mass is 343 g/mol. The highest BCUT2D eigenvalue weighted by Crippen LogP contribution is 2.20. The van der Waals surface area contributed by atoms with Gasteiger partial charge in [0.2, 0.25) is 5.91 Å². The second-order valence-electron chi connectivity index (χ2n) is 5.31. The number of aromatic amines is 1. The topological polar surface area (TPSA) is 114 Å². The summed E-state index contributed by atoms with van der Waals surface area (Å²) in [5.41, 5.74) is 6.30. The molecule has 0 radical (unpaired) electrons. The maximum Gasteiger partial charge on any atom is 0.254 e. The van der Waals surface area contributed by atoms with Crippen molar-refractivity contribution in [3.63, 3.8) is 0 Å². The highest BCUT2D eigenvalue weighted by atomic mass is 35.5. The normalized spacial score (nSPS) is 12.1. The Morgan fingerprint density at radius 3 is 2.88 bits per heavy atom. The lowest BCUT2D eigenvalue weighted by Crippen LogP contribution is -2.20. The average molecular weight is 344 g/mol. The zero-order valence-corrected chi connectivity index (χ0v) is 13.5. The number of amides is 1. The van der Waals surface area contributed by atoms with Crippen LogP contribution in [0.2, 0.25) is 5.02 Å². The molecule has 1 atom stereocenters. The van der Waals surface area contributed by atoms with Gasteiger partial charge in [-0.05, 0) is 31.2 Å². The zero-order valence-electron chi connectivity index (χ0n) is 12.7. The van der Waals surface area contributed by atoms with Crippen LogP contribution in [0.4, 0.5) is 5.82 Å². The number of anilines is 1. The number of primary amides is 1. The number of nitrogens with one attached hydrogen (secondary N) is 2. The molecule has 24 heavy (non-hydrogen) atoms. The summed E-state index contributed by atoms with van der Waals surface area (Å²) < 4.78 is 0. The van der Waals surface area contributed by atoms with Gasteiger partial charge in [-0.3, -0.25) is 9.59 Å². The Balaban J connectivity index is 1.95. The van der Waals surface area contributed by atoms with Gasteiger partial charge in [0.1, 0.15) is 11.5 Å². The molecular weight excluding hydrogens is 330 g/mol. The first-order valence-electron chi connectivity index (χ1n) is 7.15. The van der Waals surface area contributed by atoms with Crippen LogP contribution in [0.25, 0.3) is 11.0 Å². The fourth-order valence-electron chi connectivity index (χ4n) is 2.37. The van der Waals surface area contributed by atoms with Crippen LogP contribution in [-0.2, 0) is 0 Å². The minimum Gasteiger partial charge on any atom is -0.366 e. The fraction of sp³-hybridized carbons (Fsp3) is 0.125. The molecular formula is C16H14ClN5O2. The third-order valence-corrected chi connectivity index (χ3v) is 3.77. The Bertz CT molecular complexity index is 986. The lowest BCUT2D eigenvalue weighted by Gasteiger charge is -2.15. The number of pyridine rings is 3. The molecule has 3 aromatic rings. The van der Waals surface area contributed by atoms with E-state index in [-0.39, 0.29) is 11.6 Å². The Morgan fingerprint density at radius 2 is 2.12 bits per heavy atom. The molecule has 8 heteroatoms. The van der Waals surface area contributed by atoms with E-state index in [0.29, 0.717) is 27.6 Å². The lowest BCUT2D eigenvalue weighted by atomic mass is 10.1. The van der Waals surface area contributed by atoms with Crippen molar-refractivity contribution in [1.82, 2.24) is 15.0 Å². The summed E-state index contributed by atoms with van der Waals surface area (Å²) in [6, 6.07) is 6.15. The van der Waals surface area contributed by atoms with E-state index in [4.69, 9.17) is 17.3 Å². The molecule has 122 valence electrons. The van der Waals surface area contributed by atoms with E-state index < -0.39 is 5.91 Å². The summed E-state index contributed by atoms with van der Waals surface area (Å²) in [5.74, 6) is -0.0973.